The van der Waals surface area contributed by atoms with Gasteiger partial charge in [-0.1, -0.05) is 0 Å². The Hall–Kier alpha value is -1.21. The van der Waals surface area contributed by atoms with E-state index in [9.17, 15) is 0 Å². The van der Waals surface area contributed by atoms with E-state index in [-0.39, 0.29) is 17.1 Å². The van der Waals surface area contributed by atoms with E-state index in [2.05, 4.69) is 33.9 Å². The fraction of sp³-hybridized carbons (Fsp3) is 0.286. The number of rotatable bonds is 0. The van der Waals surface area contributed by atoms with Crippen molar-refractivity contribution in [3.63, 3.8) is 0 Å². The molecule has 7 nitrogen and oxygen atoms in total. The Morgan fingerprint density at radius 1 is 0.467 bits per heavy atom. The molecule has 0 heterocycles. The molecule has 0 spiro atoms. The van der Waals surface area contributed by atoms with Gasteiger partial charge in [-0.3, -0.25) is 24.0 Å². The molecule has 0 aromatic heterocycles. The Bertz CT molecular complexity index is 30.9. The first-order valence-electron chi connectivity index (χ1n) is 1.84. The van der Waals surface area contributed by atoms with Gasteiger partial charge in [0.2, 0.25) is 0 Å². The summed E-state index contributed by atoms with van der Waals surface area (Å²) in [4.78, 5) is 37.5. The number of carbonyl (C=O) groups excluding carboxylic acids is 5. The monoisotopic (exact) mass is 257 g/mol. The van der Waals surface area contributed by atoms with Crippen molar-refractivity contribution in [1.29, 1.82) is 0 Å². The summed E-state index contributed by atoms with van der Waals surface area (Å²) in [7, 11) is 1.50. The van der Waals surface area contributed by atoms with Crippen molar-refractivity contribution in [3.05, 3.63) is 0 Å². The normalized spacial score (nSPS) is 2.13. The molecule has 8 heteroatoms. The zero-order valence-electron chi connectivity index (χ0n) is 7.74. The fourth-order valence-corrected chi connectivity index (χ4v) is 0. The summed E-state index contributed by atoms with van der Waals surface area (Å²) >= 11 is 0. The molecule has 11 radical (unpaired) electrons. The molecule has 0 saturated carbocycles. The van der Waals surface area contributed by atoms with Crippen LogP contribution in [0.3, 0.4) is 0 Å². The predicted molar refractivity (Wildman–Crippen MR) is 40.3 cm³/mol. The molecule has 0 aliphatic carbocycles. The van der Waals surface area contributed by atoms with Crippen molar-refractivity contribution in [3.8, 4) is 0 Å². The Morgan fingerprint density at radius 2 is 0.467 bits per heavy atom. The summed E-state index contributed by atoms with van der Waals surface area (Å²) in [5.74, 6) is 0. The third-order valence-corrected chi connectivity index (χ3v) is 0. The topological polar surface area (TPSA) is 131 Å². The van der Waals surface area contributed by atoms with Crippen LogP contribution >= 0.6 is 0 Å². The summed E-state index contributed by atoms with van der Waals surface area (Å²) in [6.07, 6.45) is 0. The smallest absolute Gasteiger partial charge is 0.857 e. The van der Waals surface area contributed by atoms with Gasteiger partial charge in [-0.05, 0) is 0 Å². The molecular formula is C7H6MnO7. The standard InChI is InChI=1S/2CH3O.5CO.Mn/c7*1-2;/h2*1H3;;;;;;/q2*-1;;;;;;+2. The van der Waals surface area contributed by atoms with Gasteiger partial charge in [0.25, 0.3) is 33.9 Å². The van der Waals surface area contributed by atoms with Crippen LogP contribution in [-0.4, -0.2) is 48.2 Å². The van der Waals surface area contributed by atoms with E-state index < -0.39 is 0 Å². The fourth-order valence-electron chi connectivity index (χ4n) is 0. The van der Waals surface area contributed by atoms with Gasteiger partial charge < -0.3 is 10.2 Å². The molecule has 0 saturated heterocycles. The molecule has 0 aromatic carbocycles. The van der Waals surface area contributed by atoms with Crippen molar-refractivity contribution in [1.82, 2.24) is 0 Å². The minimum absolute atomic E-state index is 0. The molecule has 0 unspecified atom stereocenters. The summed E-state index contributed by atoms with van der Waals surface area (Å²) < 4.78 is 0. The second-order valence-electron chi connectivity index (χ2n) is 0. The maximum atomic E-state index is 8.25. The van der Waals surface area contributed by atoms with Gasteiger partial charge in [-0.15, -0.1) is 0 Å². The van der Waals surface area contributed by atoms with E-state index in [4.69, 9.17) is 34.2 Å². The van der Waals surface area contributed by atoms with E-state index in [1.165, 1.54) is 0 Å². The van der Waals surface area contributed by atoms with Gasteiger partial charge in [0.1, 0.15) is 0 Å². The first kappa shape index (κ1) is 67.3. The van der Waals surface area contributed by atoms with E-state index >= 15 is 0 Å². The first-order chi connectivity index (χ1) is 7.00. The first-order valence-corrected chi connectivity index (χ1v) is 1.84. The molecule has 0 fully saturated rings. The van der Waals surface area contributed by atoms with E-state index in [0.717, 1.165) is 14.2 Å². The number of hydrogen-bond acceptors (Lipinski definition) is 7. The van der Waals surface area contributed by atoms with Gasteiger partial charge in [0.05, 0.1) is 0 Å². The largest absolute Gasteiger partial charge is 2.00 e. The van der Waals surface area contributed by atoms with Gasteiger partial charge in [-0.2, -0.15) is 14.2 Å². The van der Waals surface area contributed by atoms with Crippen LogP contribution in [0.25, 0.3) is 0 Å². The molecule has 0 aromatic rings. The summed E-state index contributed by atoms with van der Waals surface area (Å²) in [5, 5.41) is 16.5. The predicted octanol–water partition coefficient (Wildman–Crippen LogP) is -4.03. The molecule has 0 rings (SSSR count). The maximum absolute atomic E-state index is 8.25. The van der Waals surface area contributed by atoms with Crippen molar-refractivity contribution < 1.29 is 51.3 Å². The van der Waals surface area contributed by atoms with Crippen LogP contribution in [0.1, 0.15) is 0 Å². The molecule has 0 aliphatic heterocycles. The minimum Gasteiger partial charge on any atom is -0.857 e. The summed E-state index contributed by atoms with van der Waals surface area (Å²) in [6, 6.07) is 0. The number of hydrogen-bond donors (Lipinski definition) is 0. The molecule has 0 atom stereocenters. The third kappa shape index (κ3) is 1020. The Balaban J connectivity index is -0.00000000628. The van der Waals surface area contributed by atoms with Crippen molar-refractivity contribution in [2.45, 2.75) is 0 Å². The molecule has 83 valence electrons. The van der Waals surface area contributed by atoms with Crippen LogP contribution in [0.15, 0.2) is 0 Å². The van der Waals surface area contributed by atoms with Crippen LogP contribution in [0.2, 0.25) is 0 Å². The van der Waals surface area contributed by atoms with Crippen LogP contribution in [0.5, 0.6) is 0 Å². The van der Waals surface area contributed by atoms with E-state index in [1.807, 2.05) is 0 Å². The Labute approximate surface area is 100.0 Å². The van der Waals surface area contributed by atoms with Crippen molar-refractivity contribution in [2.75, 3.05) is 14.2 Å². The van der Waals surface area contributed by atoms with Crippen LogP contribution in [-0.2, 0) is 41.0 Å². The average Bonchev–Trinajstić information content (AvgIpc) is 2.45. The molecular weight excluding hydrogens is 251 g/mol. The SMILES string of the molecule is C[O-].C[O-].[C]=O.[C]=O.[C]=O.[C]=O.[C]=O.[Mn+2]. The van der Waals surface area contributed by atoms with Crippen LogP contribution < -0.4 is 10.2 Å². The summed E-state index contributed by atoms with van der Waals surface area (Å²) in [5.41, 5.74) is 0. The van der Waals surface area contributed by atoms with Gasteiger partial charge in [0, 0.05) is 0 Å². The zero-order chi connectivity index (χ0) is 14.0. The van der Waals surface area contributed by atoms with Gasteiger partial charge >= 0.3 is 17.1 Å². The van der Waals surface area contributed by atoms with E-state index in [1.54, 1.807) is 0 Å². The minimum atomic E-state index is 0. The second kappa shape index (κ2) is 1210. The quantitative estimate of drug-likeness (QED) is 0.403. The van der Waals surface area contributed by atoms with Gasteiger partial charge in [0.15, 0.2) is 0 Å². The Kier molecular flexibility index (Phi) is 5440. The van der Waals surface area contributed by atoms with Crippen molar-refractivity contribution >= 4 is 33.9 Å². The molecule has 15 heavy (non-hydrogen) atoms. The second-order valence-corrected chi connectivity index (χ2v) is 0. The zero-order valence-corrected chi connectivity index (χ0v) is 8.92. The average molecular weight is 257 g/mol. The molecule has 0 bridgehead atoms. The molecule has 0 aliphatic rings. The summed E-state index contributed by atoms with van der Waals surface area (Å²) in [6.45, 7) is 22.5. The molecule has 0 amide bonds. The third-order valence-electron chi connectivity index (χ3n) is 0. The molecule has 0 N–H and O–H groups in total. The Morgan fingerprint density at radius 3 is 0.467 bits per heavy atom. The van der Waals surface area contributed by atoms with E-state index in [0.29, 0.717) is 0 Å². The van der Waals surface area contributed by atoms with Crippen LogP contribution in [0, 0.1) is 0 Å². The van der Waals surface area contributed by atoms with Gasteiger partial charge in [-0.25, -0.2) is 0 Å². The van der Waals surface area contributed by atoms with Crippen LogP contribution in [0.4, 0.5) is 0 Å². The maximum Gasteiger partial charge on any atom is 2.00 e. The van der Waals surface area contributed by atoms with Crippen molar-refractivity contribution in [2.24, 2.45) is 0 Å².